The molecule has 0 bridgehead atoms. The molecule has 0 saturated carbocycles. The molecule has 0 amide bonds. The highest BCUT2D eigenvalue weighted by molar-refractivity contribution is 6.10. The van der Waals surface area contributed by atoms with Crippen molar-refractivity contribution in [2.24, 2.45) is 10.7 Å². The third-order valence-corrected chi connectivity index (χ3v) is 2.68. The Bertz CT molecular complexity index is 574. The molecule has 0 aromatic heterocycles. The maximum Gasteiger partial charge on any atom is 0.149 e. The normalized spacial score (nSPS) is 12.2. The van der Waals surface area contributed by atoms with Crippen molar-refractivity contribution < 1.29 is 10.2 Å². The lowest BCUT2D eigenvalue weighted by molar-refractivity contribution is 0.459. The third kappa shape index (κ3) is 4.28. The molecule has 20 heavy (non-hydrogen) atoms. The number of aromatic hydroxyl groups is 2. The van der Waals surface area contributed by atoms with Gasteiger partial charge in [0.25, 0.3) is 0 Å². The number of amidine groups is 2. The number of nitrogens with two attached hydrogens (primary N) is 1. The second-order valence-electron chi connectivity index (χ2n) is 4.30. The Morgan fingerprint density at radius 1 is 1.40 bits per heavy atom. The molecule has 0 unspecified atom stereocenters. The fourth-order valence-electron chi connectivity index (χ4n) is 1.51. The second kappa shape index (κ2) is 7.13. The van der Waals surface area contributed by atoms with Gasteiger partial charge in [0.2, 0.25) is 0 Å². The van der Waals surface area contributed by atoms with Crippen LogP contribution >= 0.6 is 0 Å². The summed E-state index contributed by atoms with van der Waals surface area (Å²) in [5.74, 6) is -0.111. The largest absolute Gasteiger partial charge is 0.508 e. The Labute approximate surface area is 118 Å². The van der Waals surface area contributed by atoms with Gasteiger partial charge in [-0.1, -0.05) is 12.2 Å². The number of phenols is 2. The van der Waals surface area contributed by atoms with Gasteiger partial charge in [0.05, 0.1) is 5.56 Å². The van der Waals surface area contributed by atoms with Gasteiger partial charge in [-0.15, -0.1) is 6.58 Å². The maximum absolute atomic E-state index is 9.66. The topological polar surface area (TPSA) is 103 Å². The fourth-order valence-corrected chi connectivity index (χ4v) is 1.51. The first kappa shape index (κ1) is 15.5. The SMILES string of the molecule is C=CCC/C=C(\C)C(=N)N=C(N)c1cc(O)ccc1O. The summed E-state index contributed by atoms with van der Waals surface area (Å²) < 4.78 is 0. The van der Waals surface area contributed by atoms with Crippen LogP contribution in [0.25, 0.3) is 0 Å². The smallest absolute Gasteiger partial charge is 0.149 e. The van der Waals surface area contributed by atoms with E-state index in [1.165, 1.54) is 18.2 Å². The predicted octanol–water partition coefficient (Wildman–Crippen LogP) is 2.69. The van der Waals surface area contributed by atoms with Crippen LogP contribution in [0.2, 0.25) is 0 Å². The van der Waals surface area contributed by atoms with E-state index < -0.39 is 0 Å². The summed E-state index contributed by atoms with van der Waals surface area (Å²) in [6.07, 6.45) is 5.29. The van der Waals surface area contributed by atoms with Crippen molar-refractivity contribution in [3.8, 4) is 11.5 Å². The van der Waals surface area contributed by atoms with E-state index in [9.17, 15) is 10.2 Å². The second-order valence-corrected chi connectivity index (χ2v) is 4.30. The van der Waals surface area contributed by atoms with Crippen LogP contribution in [0, 0.1) is 5.41 Å². The van der Waals surface area contributed by atoms with E-state index in [2.05, 4.69) is 11.6 Å². The summed E-state index contributed by atoms with van der Waals surface area (Å²) in [6.45, 7) is 5.39. The lowest BCUT2D eigenvalue weighted by Crippen LogP contribution is -2.16. The van der Waals surface area contributed by atoms with Gasteiger partial charge >= 0.3 is 0 Å². The van der Waals surface area contributed by atoms with Crippen LogP contribution in [-0.2, 0) is 0 Å². The van der Waals surface area contributed by atoms with Crippen LogP contribution in [0.1, 0.15) is 25.3 Å². The van der Waals surface area contributed by atoms with Crippen molar-refractivity contribution in [2.75, 3.05) is 0 Å². The molecule has 0 atom stereocenters. The van der Waals surface area contributed by atoms with Gasteiger partial charge in [-0.25, -0.2) is 4.99 Å². The van der Waals surface area contributed by atoms with Crippen LogP contribution in [0.15, 0.2) is 47.5 Å². The number of nitrogens with zero attached hydrogens (tertiary/aromatic N) is 1. The molecule has 0 saturated heterocycles. The molecule has 0 fully saturated rings. The van der Waals surface area contributed by atoms with E-state index in [0.29, 0.717) is 5.57 Å². The lowest BCUT2D eigenvalue weighted by atomic mass is 10.1. The molecule has 0 aliphatic carbocycles. The third-order valence-electron chi connectivity index (χ3n) is 2.68. The van der Waals surface area contributed by atoms with E-state index in [0.717, 1.165) is 12.8 Å². The molecule has 5 heteroatoms. The van der Waals surface area contributed by atoms with Crippen molar-refractivity contribution in [1.29, 1.82) is 5.41 Å². The van der Waals surface area contributed by atoms with Gasteiger partial charge in [0.1, 0.15) is 23.2 Å². The van der Waals surface area contributed by atoms with Crippen LogP contribution in [0.4, 0.5) is 0 Å². The van der Waals surface area contributed by atoms with E-state index in [-0.39, 0.29) is 28.7 Å². The molecular weight excluding hydrogens is 254 g/mol. The zero-order chi connectivity index (χ0) is 15.1. The minimum atomic E-state index is -0.0925. The van der Waals surface area contributed by atoms with Crippen molar-refractivity contribution in [1.82, 2.24) is 0 Å². The van der Waals surface area contributed by atoms with E-state index in [1.54, 1.807) is 13.0 Å². The Hall–Kier alpha value is -2.56. The van der Waals surface area contributed by atoms with Crippen molar-refractivity contribution in [3.05, 3.63) is 48.1 Å². The van der Waals surface area contributed by atoms with Crippen LogP contribution in [-0.4, -0.2) is 21.9 Å². The average molecular weight is 273 g/mol. The zero-order valence-electron chi connectivity index (χ0n) is 11.4. The molecule has 1 aromatic carbocycles. The molecule has 1 rings (SSSR count). The van der Waals surface area contributed by atoms with Gasteiger partial charge in [-0.05, 0) is 43.5 Å². The van der Waals surface area contributed by atoms with Gasteiger partial charge < -0.3 is 15.9 Å². The predicted molar refractivity (Wildman–Crippen MR) is 81.4 cm³/mol. The summed E-state index contributed by atoms with van der Waals surface area (Å²) >= 11 is 0. The number of unbranched alkanes of at least 4 members (excludes halogenated alkanes) is 1. The van der Waals surface area contributed by atoms with Crippen LogP contribution in [0.3, 0.4) is 0 Å². The van der Waals surface area contributed by atoms with E-state index >= 15 is 0 Å². The number of phenolic OH excluding ortho intramolecular Hbond substituents is 2. The monoisotopic (exact) mass is 273 g/mol. The van der Waals surface area contributed by atoms with E-state index in [1.807, 2.05) is 6.08 Å². The first-order chi connectivity index (χ1) is 9.45. The summed E-state index contributed by atoms with van der Waals surface area (Å²) in [4.78, 5) is 3.94. The molecule has 0 spiro atoms. The highest BCUT2D eigenvalue weighted by Gasteiger charge is 2.08. The number of aliphatic imine (C=N–C) groups is 1. The molecule has 0 aliphatic heterocycles. The fraction of sp³-hybridized carbons (Fsp3) is 0.200. The van der Waals surface area contributed by atoms with Gasteiger partial charge in [-0.3, -0.25) is 5.41 Å². The minimum absolute atomic E-state index is 0.0140. The maximum atomic E-state index is 9.66. The Balaban J connectivity index is 2.92. The number of allylic oxidation sites excluding steroid dienone is 2. The van der Waals surface area contributed by atoms with Gasteiger partial charge in [0.15, 0.2) is 0 Å². The average Bonchev–Trinajstić information content (AvgIpc) is 2.41. The van der Waals surface area contributed by atoms with Crippen LogP contribution < -0.4 is 5.73 Å². The van der Waals surface area contributed by atoms with Crippen molar-refractivity contribution in [3.63, 3.8) is 0 Å². The van der Waals surface area contributed by atoms with Crippen molar-refractivity contribution >= 4 is 11.7 Å². The molecular formula is C15H19N3O2. The number of nitrogens with one attached hydrogen (secondary N) is 1. The summed E-state index contributed by atoms with van der Waals surface area (Å²) in [5.41, 5.74) is 6.64. The first-order valence-electron chi connectivity index (χ1n) is 6.18. The molecule has 0 radical (unpaired) electrons. The highest BCUT2D eigenvalue weighted by atomic mass is 16.3. The van der Waals surface area contributed by atoms with Crippen molar-refractivity contribution in [2.45, 2.75) is 19.8 Å². The number of hydrogen-bond donors (Lipinski definition) is 4. The lowest BCUT2D eigenvalue weighted by Gasteiger charge is -2.05. The highest BCUT2D eigenvalue weighted by Crippen LogP contribution is 2.21. The summed E-state index contributed by atoms with van der Waals surface area (Å²) in [5, 5.41) is 26.9. The number of hydrogen-bond acceptors (Lipinski definition) is 3. The summed E-state index contributed by atoms with van der Waals surface area (Å²) in [6, 6.07) is 3.97. The number of rotatable bonds is 5. The van der Waals surface area contributed by atoms with Gasteiger partial charge in [0, 0.05) is 0 Å². The minimum Gasteiger partial charge on any atom is -0.508 e. The zero-order valence-corrected chi connectivity index (χ0v) is 11.4. The van der Waals surface area contributed by atoms with Crippen LogP contribution in [0.5, 0.6) is 11.5 Å². The first-order valence-corrected chi connectivity index (χ1v) is 6.18. The molecule has 1 aromatic rings. The molecule has 106 valence electrons. The molecule has 5 N–H and O–H groups in total. The quantitative estimate of drug-likeness (QED) is 0.218. The Morgan fingerprint density at radius 2 is 2.10 bits per heavy atom. The molecule has 0 aliphatic rings. The molecule has 0 heterocycles. The number of benzene rings is 1. The Morgan fingerprint density at radius 3 is 2.75 bits per heavy atom. The van der Waals surface area contributed by atoms with Gasteiger partial charge in [-0.2, -0.15) is 0 Å². The Kier molecular flexibility index (Phi) is 5.53. The summed E-state index contributed by atoms with van der Waals surface area (Å²) in [7, 11) is 0. The standard InChI is InChI=1S/C15H19N3O2/c1-3-4-5-6-10(2)14(16)18-15(17)12-9-11(19)7-8-13(12)20/h3,6-9,19-20H,1,4-5H2,2H3,(H3,16,17,18)/b10-6+. The molecule has 5 nitrogen and oxygen atoms in total. The van der Waals surface area contributed by atoms with E-state index in [4.69, 9.17) is 11.1 Å².